The fraction of sp³-hybridized carbons (Fsp3) is 0.375. The van der Waals surface area contributed by atoms with Gasteiger partial charge in [0.05, 0.1) is 0 Å². The first kappa shape index (κ1) is 9.50. The van der Waals surface area contributed by atoms with E-state index in [1.807, 2.05) is 0 Å². The van der Waals surface area contributed by atoms with Gasteiger partial charge in [-0.15, -0.1) is 0 Å². The van der Waals surface area contributed by atoms with E-state index < -0.39 is 18.4 Å². The minimum atomic E-state index is -0.723. The summed E-state index contributed by atoms with van der Waals surface area (Å²) in [6.45, 7) is 0. The Bertz CT molecular complexity index is 378. The lowest BCUT2D eigenvalue weighted by Gasteiger charge is -2.44. The Morgan fingerprint density at radius 3 is 2.53 bits per heavy atom. The molecule has 2 rings (SSSR count). The summed E-state index contributed by atoms with van der Waals surface area (Å²) in [5.74, 6) is -0.326. The predicted octanol–water partition coefficient (Wildman–Crippen LogP) is -0.667. The van der Waals surface area contributed by atoms with Crippen molar-refractivity contribution in [1.29, 1.82) is 0 Å². The van der Waals surface area contributed by atoms with Gasteiger partial charge in [-0.25, -0.2) is 14.5 Å². The number of rotatable bonds is 0. The standard InChI is InChI=1S/C8H10N4O3/c1-10-6-9-5(13)3-4-12(6)8(15)11(2)7(10)14/h3-4,6H,1-2H3,(H,9,13). The van der Waals surface area contributed by atoms with E-state index in [9.17, 15) is 14.4 Å². The average molecular weight is 210 g/mol. The van der Waals surface area contributed by atoms with E-state index in [4.69, 9.17) is 0 Å². The molecule has 1 unspecified atom stereocenters. The minimum Gasteiger partial charge on any atom is -0.314 e. The molecule has 0 spiro atoms. The fourth-order valence-corrected chi connectivity index (χ4v) is 1.52. The summed E-state index contributed by atoms with van der Waals surface area (Å²) in [4.78, 5) is 37.8. The van der Waals surface area contributed by atoms with Gasteiger partial charge in [-0.3, -0.25) is 14.6 Å². The van der Waals surface area contributed by atoms with Crippen molar-refractivity contribution in [3.05, 3.63) is 12.3 Å². The van der Waals surface area contributed by atoms with E-state index in [0.29, 0.717) is 0 Å². The molecule has 7 nitrogen and oxygen atoms in total. The van der Waals surface area contributed by atoms with Gasteiger partial charge >= 0.3 is 12.1 Å². The maximum absolute atomic E-state index is 11.6. The highest BCUT2D eigenvalue weighted by Crippen LogP contribution is 2.17. The summed E-state index contributed by atoms with van der Waals surface area (Å²) < 4.78 is 0. The Morgan fingerprint density at radius 2 is 1.87 bits per heavy atom. The molecule has 1 N–H and O–H groups in total. The number of amides is 5. The van der Waals surface area contributed by atoms with Crippen LogP contribution >= 0.6 is 0 Å². The summed E-state index contributed by atoms with van der Waals surface area (Å²) in [5.41, 5.74) is 0. The van der Waals surface area contributed by atoms with Gasteiger partial charge in [0.25, 0.3) is 0 Å². The van der Waals surface area contributed by atoms with Gasteiger partial charge < -0.3 is 5.32 Å². The third kappa shape index (κ3) is 1.24. The van der Waals surface area contributed by atoms with Gasteiger partial charge in [-0.2, -0.15) is 0 Å². The topological polar surface area (TPSA) is 73.0 Å². The minimum absolute atomic E-state index is 0.326. The largest absolute Gasteiger partial charge is 0.335 e. The molecule has 1 fully saturated rings. The normalized spacial score (nSPS) is 25.6. The molecule has 5 amide bonds. The summed E-state index contributed by atoms with van der Waals surface area (Å²) >= 11 is 0. The molecule has 0 bridgehead atoms. The zero-order valence-corrected chi connectivity index (χ0v) is 8.30. The summed E-state index contributed by atoms with van der Waals surface area (Å²) in [7, 11) is 2.91. The highest BCUT2D eigenvalue weighted by Gasteiger charge is 2.41. The summed E-state index contributed by atoms with van der Waals surface area (Å²) in [6.07, 6.45) is 1.88. The summed E-state index contributed by atoms with van der Waals surface area (Å²) in [5, 5.41) is 2.51. The monoisotopic (exact) mass is 210 g/mol. The molecular formula is C8H10N4O3. The van der Waals surface area contributed by atoms with Gasteiger partial charge in [-0.1, -0.05) is 0 Å². The lowest BCUT2D eigenvalue weighted by molar-refractivity contribution is -0.120. The number of nitrogens with zero attached hydrogens (tertiary/aromatic N) is 3. The van der Waals surface area contributed by atoms with Crippen LogP contribution in [0.1, 0.15) is 0 Å². The third-order valence-corrected chi connectivity index (χ3v) is 2.38. The van der Waals surface area contributed by atoms with Crippen molar-refractivity contribution in [1.82, 2.24) is 20.0 Å². The van der Waals surface area contributed by atoms with Crippen LogP contribution in [-0.4, -0.2) is 53.1 Å². The maximum Gasteiger partial charge on any atom is 0.335 e. The molecule has 2 aliphatic heterocycles. The first-order chi connectivity index (χ1) is 7.02. The van der Waals surface area contributed by atoms with Gasteiger partial charge in [0.1, 0.15) is 0 Å². The van der Waals surface area contributed by atoms with Crippen molar-refractivity contribution in [3.8, 4) is 0 Å². The van der Waals surface area contributed by atoms with Crippen LogP contribution in [0, 0.1) is 0 Å². The molecule has 2 aliphatic rings. The van der Waals surface area contributed by atoms with Crippen LogP contribution in [0.25, 0.3) is 0 Å². The van der Waals surface area contributed by atoms with Crippen molar-refractivity contribution in [3.63, 3.8) is 0 Å². The van der Waals surface area contributed by atoms with Crippen molar-refractivity contribution in [2.45, 2.75) is 6.29 Å². The lowest BCUT2D eigenvalue weighted by Crippen LogP contribution is -2.68. The number of hydrogen-bond donors (Lipinski definition) is 1. The van der Waals surface area contributed by atoms with Gasteiger partial charge in [-0.05, 0) is 0 Å². The first-order valence-electron chi connectivity index (χ1n) is 4.34. The molecule has 7 heteroatoms. The number of urea groups is 2. The average Bonchev–Trinajstić information content (AvgIpc) is 2.23. The Labute approximate surface area is 85.9 Å². The van der Waals surface area contributed by atoms with Gasteiger partial charge in [0.2, 0.25) is 5.91 Å². The van der Waals surface area contributed by atoms with Crippen LogP contribution in [0.2, 0.25) is 0 Å². The predicted molar refractivity (Wildman–Crippen MR) is 49.2 cm³/mol. The number of hydrogen-bond acceptors (Lipinski definition) is 3. The van der Waals surface area contributed by atoms with E-state index >= 15 is 0 Å². The van der Waals surface area contributed by atoms with Crippen molar-refractivity contribution < 1.29 is 14.4 Å². The van der Waals surface area contributed by atoms with Crippen molar-refractivity contribution in [2.24, 2.45) is 0 Å². The molecule has 0 radical (unpaired) electrons. The summed E-state index contributed by atoms with van der Waals surface area (Å²) in [6, 6.07) is -0.906. The van der Waals surface area contributed by atoms with Crippen LogP contribution in [0.15, 0.2) is 12.3 Å². The van der Waals surface area contributed by atoms with Crippen LogP contribution < -0.4 is 5.32 Å². The zero-order valence-electron chi connectivity index (χ0n) is 8.30. The molecule has 2 heterocycles. The van der Waals surface area contributed by atoms with E-state index in [1.54, 1.807) is 0 Å². The molecule has 1 saturated heterocycles. The molecule has 0 aromatic rings. The maximum atomic E-state index is 11.6. The number of fused-ring (bicyclic) bond motifs is 1. The SMILES string of the molecule is CN1C(=O)N(C)C2NC(=O)C=CN2C1=O. The van der Waals surface area contributed by atoms with E-state index in [1.165, 1.54) is 36.2 Å². The number of nitrogens with one attached hydrogen (secondary N) is 1. The highest BCUT2D eigenvalue weighted by molar-refractivity contribution is 5.98. The number of carbonyl (C=O) groups excluding carboxylic acids is 3. The molecule has 0 aromatic carbocycles. The smallest absolute Gasteiger partial charge is 0.314 e. The third-order valence-electron chi connectivity index (χ3n) is 2.38. The van der Waals surface area contributed by atoms with E-state index in [0.717, 1.165) is 4.90 Å². The second kappa shape index (κ2) is 2.97. The van der Waals surface area contributed by atoms with Gasteiger partial charge in [0, 0.05) is 26.4 Å². The van der Waals surface area contributed by atoms with Crippen LogP contribution in [0.4, 0.5) is 9.59 Å². The molecule has 0 aliphatic carbocycles. The Hall–Kier alpha value is -2.05. The molecule has 15 heavy (non-hydrogen) atoms. The number of imide groups is 1. The van der Waals surface area contributed by atoms with Crippen LogP contribution in [0.3, 0.4) is 0 Å². The molecule has 1 atom stereocenters. The first-order valence-corrected chi connectivity index (χ1v) is 4.34. The Balaban J connectivity index is 2.37. The molecule has 0 saturated carbocycles. The molecular weight excluding hydrogens is 200 g/mol. The molecule has 80 valence electrons. The van der Waals surface area contributed by atoms with E-state index in [2.05, 4.69) is 5.32 Å². The quantitative estimate of drug-likeness (QED) is 0.576. The van der Waals surface area contributed by atoms with Crippen LogP contribution in [0.5, 0.6) is 0 Å². The zero-order chi connectivity index (χ0) is 11.2. The second-order valence-corrected chi connectivity index (χ2v) is 3.34. The Morgan fingerprint density at radius 1 is 1.20 bits per heavy atom. The lowest BCUT2D eigenvalue weighted by atomic mass is 10.3. The van der Waals surface area contributed by atoms with Crippen molar-refractivity contribution in [2.75, 3.05) is 14.1 Å². The van der Waals surface area contributed by atoms with Crippen molar-refractivity contribution >= 4 is 18.0 Å². The van der Waals surface area contributed by atoms with Crippen LogP contribution in [-0.2, 0) is 4.79 Å². The highest BCUT2D eigenvalue weighted by atomic mass is 16.2. The fourth-order valence-electron chi connectivity index (χ4n) is 1.52. The van der Waals surface area contributed by atoms with E-state index in [-0.39, 0.29) is 5.91 Å². The molecule has 0 aromatic heterocycles. The second-order valence-electron chi connectivity index (χ2n) is 3.34. The van der Waals surface area contributed by atoms with Gasteiger partial charge in [0.15, 0.2) is 6.29 Å². The number of carbonyl (C=O) groups is 3. The Kier molecular flexibility index (Phi) is 1.88.